The second-order valence-corrected chi connectivity index (χ2v) is 13.6. The molecule has 50 heavy (non-hydrogen) atoms. The summed E-state index contributed by atoms with van der Waals surface area (Å²) in [5.41, 5.74) is 7.60. The van der Waals surface area contributed by atoms with Gasteiger partial charge in [0.05, 0.1) is 24.6 Å². The third-order valence-corrected chi connectivity index (χ3v) is 10.1. The summed E-state index contributed by atoms with van der Waals surface area (Å²) in [6, 6.07) is 40.5. The molecule has 0 saturated heterocycles. The molecule has 5 aromatic rings. The van der Waals surface area contributed by atoms with Crippen LogP contribution >= 0.6 is 0 Å². The zero-order valence-electron chi connectivity index (χ0n) is 30.4. The van der Waals surface area contributed by atoms with Gasteiger partial charge in [0.15, 0.2) is 11.5 Å². The van der Waals surface area contributed by atoms with Gasteiger partial charge in [-0.1, -0.05) is 121 Å². The number of para-hydroxylation sites is 1. The molecular weight excluding hydrogens is 615 g/mol. The first kappa shape index (κ1) is 35.1. The van der Waals surface area contributed by atoms with Gasteiger partial charge >= 0.3 is 0 Å². The van der Waals surface area contributed by atoms with Crippen molar-refractivity contribution in [1.29, 1.82) is 0 Å². The molecule has 0 amide bonds. The molecule has 0 aliphatic carbocycles. The van der Waals surface area contributed by atoms with Gasteiger partial charge in [-0.3, -0.25) is 0 Å². The summed E-state index contributed by atoms with van der Waals surface area (Å²) in [5.74, 6) is 4.72. The molecular formula is C46H53NO3. The summed E-state index contributed by atoms with van der Waals surface area (Å²) in [6.07, 6.45) is 9.74. The van der Waals surface area contributed by atoms with Gasteiger partial charge in [-0.15, -0.1) is 0 Å². The van der Waals surface area contributed by atoms with Gasteiger partial charge in [0, 0.05) is 5.69 Å². The van der Waals surface area contributed by atoms with Crippen molar-refractivity contribution in [2.75, 3.05) is 18.1 Å². The number of fused-ring (bicyclic) bond motifs is 2. The zero-order valence-corrected chi connectivity index (χ0v) is 30.4. The molecule has 0 spiro atoms. The van der Waals surface area contributed by atoms with Crippen molar-refractivity contribution < 1.29 is 14.2 Å². The molecule has 0 radical (unpaired) electrons. The Balaban J connectivity index is 1.22. The first-order valence-corrected chi connectivity index (χ1v) is 18.9. The molecule has 0 bridgehead atoms. The minimum atomic E-state index is 0.607. The van der Waals surface area contributed by atoms with Gasteiger partial charge in [-0.05, 0) is 108 Å². The van der Waals surface area contributed by atoms with E-state index >= 15 is 0 Å². The lowest BCUT2D eigenvalue weighted by molar-refractivity contribution is 0.233. The first-order chi connectivity index (χ1) is 24.6. The summed E-state index contributed by atoms with van der Waals surface area (Å²) >= 11 is 0. The number of benzene rings is 5. The van der Waals surface area contributed by atoms with Gasteiger partial charge in [-0.2, -0.15) is 0 Å². The Morgan fingerprint density at radius 2 is 0.960 bits per heavy atom. The Hall–Kier alpha value is -4.70. The molecule has 0 aromatic heterocycles. The highest BCUT2D eigenvalue weighted by atomic mass is 16.5. The minimum absolute atomic E-state index is 0.607. The second kappa shape index (κ2) is 17.3. The summed E-state index contributed by atoms with van der Waals surface area (Å²) < 4.78 is 19.1. The highest BCUT2D eigenvalue weighted by Gasteiger charge is 2.27. The SMILES string of the molecule is CCCCC(CC)COc1ccc(-c2ccc3c(c2)Oc2cc(-c4ccc(OCC(CC)CCCC)cc4)ccc2N3c2ccccc2)cc1. The third-order valence-electron chi connectivity index (χ3n) is 10.1. The molecule has 4 heteroatoms. The van der Waals surface area contributed by atoms with Crippen LogP contribution in [0.3, 0.4) is 0 Å². The standard InChI is InChI=1S/C46H53NO3/c1-5-9-14-34(7-3)32-48-41-24-18-36(19-25-41)38-22-28-43-45(30-38)50-46-31-39(23-29-44(46)47(43)40-16-12-11-13-17-40)37-20-26-42(27-21-37)49-33-35(8-4)15-10-6-2/h11-13,16-31,34-35H,5-10,14-15,32-33H2,1-4H3. The topological polar surface area (TPSA) is 30.9 Å². The minimum Gasteiger partial charge on any atom is -0.493 e. The first-order valence-electron chi connectivity index (χ1n) is 18.9. The number of ether oxygens (including phenoxy) is 3. The van der Waals surface area contributed by atoms with E-state index in [0.29, 0.717) is 11.8 Å². The average Bonchev–Trinajstić information content (AvgIpc) is 3.17. The van der Waals surface area contributed by atoms with E-state index in [9.17, 15) is 0 Å². The maximum Gasteiger partial charge on any atom is 0.152 e. The van der Waals surface area contributed by atoms with Gasteiger partial charge in [0.2, 0.25) is 0 Å². The molecule has 260 valence electrons. The van der Waals surface area contributed by atoms with Crippen molar-refractivity contribution in [1.82, 2.24) is 0 Å². The number of hydrogen-bond donors (Lipinski definition) is 0. The summed E-state index contributed by atoms with van der Waals surface area (Å²) in [6.45, 7) is 10.6. The van der Waals surface area contributed by atoms with Crippen molar-refractivity contribution in [2.45, 2.75) is 79.1 Å². The number of rotatable bonds is 17. The zero-order chi connectivity index (χ0) is 34.7. The van der Waals surface area contributed by atoms with E-state index in [1.807, 2.05) is 0 Å². The van der Waals surface area contributed by atoms with E-state index in [0.717, 1.165) is 88.4 Å². The maximum absolute atomic E-state index is 6.73. The molecule has 4 nitrogen and oxygen atoms in total. The summed E-state index contributed by atoms with van der Waals surface area (Å²) in [4.78, 5) is 2.29. The van der Waals surface area contributed by atoms with Crippen molar-refractivity contribution in [2.24, 2.45) is 11.8 Å². The van der Waals surface area contributed by atoms with E-state index in [1.165, 1.54) is 38.5 Å². The van der Waals surface area contributed by atoms with Crippen LogP contribution < -0.4 is 19.1 Å². The second-order valence-electron chi connectivity index (χ2n) is 13.6. The summed E-state index contributed by atoms with van der Waals surface area (Å²) in [7, 11) is 0. The van der Waals surface area contributed by atoms with Gasteiger partial charge in [-0.25, -0.2) is 0 Å². The molecule has 2 unspecified atom stereocenters. The van der Waals surface area contributed by atoms with E-state index in [-0.39, 0.29) is 0 Å². The van der Waals surface area contributed by atoms with Crippen molar-refractivity contribution in [3.63, 3.8) is 0 Å². The lowest BCUT2D eigenvalue weighted by Gasteiger charge is -2.33. The van der Waals surface area contributed by atoms with Crippen LogP contribution in [-0.4, -0.2) is 13.2 Å². The quantitative estimate of drug-likeness (QED) is 0.0968. The highest BCUT2D eigenvalue weighted by molar-refractivity contribution is 5.89. The van der Waals surface area contributed by atoms with Crippen LogP contribution in [0.25, 0.3) is 22.3 Å². The maximum atomic E-state index is 6.73. The predicted octanol–water partition coefficient (Wildman–Crippen LogP) is 13.8. The normalized spacial score (nSPS) is 13.2. The van der Waals surface area contributed by atoms with E-state index in [4.69, 9.17) is 14.2 Å². The van der Waals surface area contributed by atoms with E-state index in [1.54, 1.807) is 0 Å². The van der Waals surface area contributed by atoms with E-state index in [2.05, 4.69) is 148 Å². The van der Waals surface area contributed by atoms with Gasteiger partial charge in [0.1, 0.15) is 11.5 Å². The van der Waals surface area contributed by atoms with Gasteiger partial charge < -0.3 is 19.1 Å². The average molecular weight is 668 g/mol. The Morgan fingerprint density at radius 3 is 1.38 bits per heavy atom. The molecule has 5 aromatic carbocycles. The van der Waals surface area contributed by atoms with Crippen LogP contribution in [0.15, 0.2) is 115 Å². The Labute approximate surface area is 300 Å². The molecule has 0 fully saturated rings. The number of nitrogens with zero attached hydrogens (tertiary/aromatic N) is 1. The molecule has 1 heterocycles. The Bertz CT molecular complexity index is 1670. The fourth-order valence-electron chi connectivity index (χ4n) is 6.74. The molecule has 0 N–H and O–H groups in total. The number of hydrogen-bond acceptors (Lipinski definition) is 4. The third kappa shape index (κ3) is 8.53. The van der Waals surface area contributed by atoms with Crippen LogP contribution in [0.5, 0.6) is 23.0 Å². The largest absolute Gasteiger partial charge is 0.493 e. The monoisotopic (exact) mass is 667 g/mol. The molecule has 0 saturated carbocycles. The lowest BCUT2D eigenvalue weighted by Crippen LogP contribution is -2.15. The van der Waals surface area contributed by atoms with Crippen molar-refractivity contribution >= 4 is 17.1 Å². The highest BCUT2D eigenvalue weighted by Crippen LogP contribution is 2.52. The van der Waals surface area contributed by atoms with Crippen LogP contribution in [0.2, 0.25) is 0 Å². The Morgan fingerprint density at radius 1 is 0.520 bits per heavy atom. The fourth-order valence-corrected chi connectivity index (χ4v) is 6.74. The van der Waals surface area contributed by atoms with Crippen LogP contribution in [0.1, 0.15) is 79.1 Å². The van der Waals surface area contributed by atoms with Gasteiger partial charge in [0.25, 0.3) is 0 Å². The van der Waals surface area contributed by atoms with Crippen molar-refractivity contribution in [3.05, 3.63) is 115 Å². The molecule has 2 atom stereocenters. The van der Waals surface area contributed by atoms with Crippen LogP contribution in [0, 0.1) is 11.8 Å². The molecule has 1 aliphatic rings. The summed E-state index contributed by atoms with van der Waals surface area (Å²) in [5, 5.41) is 0. The molecule has 1 aliphatic heterocycles. The number of anilines is 3. The lowest BCUT2D eigenvalue weighted by atomic mass is 10.00. The predicted molar refractivity (Wildman–Crippen MR) is 210 cm³/mol. The van der Waals surface area contributed by atoms with E-state index < -0.39 is 0 Å². The number of unbranched alkanes of at least 4 members (excludes halogenated alkanes) is 2. The Kier molecular flexibility index (Phi) is 12.2. The molecule has 6 rings (SSSR count). The van der Waals surface area contributed by atoms with Crippen molar-refractivity contribution in [3.8, 4) is 45.3 Å². The fraction of sp³-hybridized carbons (Fsp3) is 0.348. The smallest absolute Gasteiger partial charge is 0.152 e. The van der Waals surface area contributed by atoms with Crippen LogP contribution in [0.4, 0.5) is 17.1 Å². The van der Waals surface area contributed by atoms with Crippen LogP contribution in [-0.2, 0) is 0 Å².